The molecule has 0 amide bonds. The van der Waals surface area contributed by atoms with Crippen LogP contribution >= 0.6 is 0 Å². The molecule has 0 bridgehead atoms. The standard InChI is InChI=1S/C13H11N3O2/c1-15-13-4-8(7-14)9-5-11-12(6-10(9)16-13)18-3-2-17-11/h4-6H,2-3H2,1H3,(H,15,16). The van der Waals surface area contributed by atoms with Crippen molar-refractivity contribution in [3.8, 4) is 17.6 Å². The number of fused-ring (bicyclic) bond motifs is 2. The molecule has 2 aromatic rings. The van der Waals surface area contributed by atoms with Gasteiger partial charge in [-0.3, -0.25) is 0 Å². The Morgan fingerprint density at radius 3 is 2.61 bits per heavy atom. The summed E-state index contributed by atoms with van der Waals surface area (Å²) in [5, 5.41) is 12.9. The lowest BCUT2D eigenvalue weighted by molar-refractivity contribution is 0.172. The average molecular weight is 241 g/mol. The molecular formula is C13H11N3O2. The number of nitrogens with zero attached hydrogens (tertiary/aromatic N) is 2. The van der Waals surface area contributed by atoms with Gasteiger partial charge in [0.2, 0.25) is 0 Å². The predicted octanol–water partition coefficient (Wildman–Crippen LogP) is 1.92. The quantitative estimate of drug-likeness (QED) is 0.826. The maximum atomic E-state index is 9.18. The molecule has 0 spiro atoms. The van der Waals surface area contributed by atoms with Crippen molar-refractivity contribution in [2.45, 2.75) is 0 Å². The second kappa shape index (κ2) is 4.08. The van der Waals surface area contributed by atoms with Gasteiger partial charge in [-0.1, -0.05) is 0 Å². The van der Waals surface area contributed by atoms with Gasteiger partial charge in [0.15, 0.2) is 11.5 Å². The Hall–Kier alpha value is -2.48. The van der Waals surface area contributed by atoms with Crippen LogP contribution in [0, 0.1) is 11.3 Å². The van der Waals surface area contributed by atoms with Gasteiger partial charge >= 0.3 is 0 Å². The fourth-order valence-electron chi connectivity index (χ4n) is 1.98. The van der Waals surface area contributed by atoms with Crippen LogP contribution in [0.1, 0.15) is 5.56 Å². The fourth-order valence-corrected chi connectivity index (χ4v) is 1.98. The van der Waals surface area contributed by atoms with E-state index in [1.54, 1.807) is 13.1 Å². The Bertz CT molecular complexity index is 661. The summed E-state index contributed by atoms with van der Waals surface area (Å²) in [7, 11) is 1.77. The van der Waals surface area contributed by atoms with Crippen molar-refractivity contribution in [1.82, 2.24) is 4.98 Å². The Labute approximate surface area is 104 Å². The first-order valence-corrected chi connectivity index (χ1v) is 5.64. The molecule has 90 valence electrons. The molecule has 1 aromatic heterocycles. The van der Waals surface area contributed by atoms with Crippen LogP contribution in [0.5, 0.6) is 11.5 Å². The topological polar surface area (TPSA) is 67.2 Å². The summed E-state index contributed by atoms with van der Waals surface area (Å²) in [5.41, 5.74) is 1.30. The van der Waals surface area contributed by atoms with E-state index in [4.69, 9.17) is 9.47 Å². The van der Waals surface area contributed by atoms with E-state index < -0.39 is 0 Å². The van der Waals surface area contributed by atoms with E-state index in [0.717, 1.165) is 10.9 Å². The molecule has 1 N–H and O–H groups in total. The first kappa shape index (κ1) is 10.7. The average Bonchev–Trinajstić information content (AvgIpc) is 2.43. The molecule has 3 rings (SSSR count). The normalized spacial score (nSPS) is 13.1. The third-order valence-corrected chi connectivity index (χ3v) is 2.85. The smallest absolute Gasteiger partial charge is 0.163 e. The molecule has 0 radical (unpaired) electrons. The Morgan fingerprint density at radius 2 is 1.94 bits per heavy atom. The third kappa shape index (κ3) is 1.59. The summed E-state index contributed by atoms with van der Waals surface area (Å²) >= 11 is 0. The van der Waals surface area contributed by atoms with Gasteiger partial charge in [0.05, 0.1) is 17.1 Å². The van der Waals surface area contributed by atoms with Gasteiger partial charge < -0.3 is 14.8 Å². The lowest BCUT2D eigenvalue weighted by Gasteiger charge is -2.19. The summed E-state index contributed by atoms with van der Waals surface area (Å²) in [5.74, 6) is 2.01. The summed E-state index contributed by atoms with van der Waals surface area (Å²) in [6.45, 7) is 1.07. The minimum Gasteiger partial charge on any atom is -0.486 e. The van der Waals surface area contributed by atoms with Gasteiger partial charge in [-0.2, -0.15) is 5.26 Å². The molecule has 18 heavy (non-hydrogen) atoms. The molecule has 2 heterocycles. The number of hydrogen-bond donors (Lipinski definition) is 1. The molecule has 5 nitrogen and oxygen atoms in total. The zero-order valence-electron chi connectivity index (χ0n) is 9.86. The first-order chi connectivity index (χ1) is 8.81. The van der Waals surface area contributed by atoms with Crippen molar-refractivity contribution in [2.75, 3.05) is 25.6 Å². The van der Waals surface area contributed by atoms with E-state index in [1.165, 1.54) is 0 Å². The molecule has 5 heteroatoms. The van der Waals surface area contributed by atoms with Crippen molar-refractivity contribution in [1.29, 1.82) is 5.26 Å². The van der Waals surface area contributed by atoms with Crippen LogP contribution in [-0.2, 0) is 0 Å². The zero-order chi connectivity index (χ0) is 12.5. The number of ether oxygens (including phenoxy) is 2. The molecule has 0 unspecified atom stereocenters. The van der Waals surface area contributed by atoms with Crippen LogP contribution in [0.25, 0.3) is 10.9 Å². The van der Waals surface area contributed by atoms with E-state index in [0.29, 0.717) is 36.1 Å². The summed E-state index contributed by atoms with van der Waals surface area (Å²) < 4.78 is 11.0. The van der Waals surface area contributed by atoms with Crippen molar-refractivity contribution < 1.29 is 9.47 Å². The van der Waals surface area contributed by atoms with Crippen molar-refractivity contribution in [2.24, 2.45) is 0 Å². The number of anilines is 1. The number of aromatic nitrogens is 1. The molecule has 1 aromatic carbocycles. The predicted molar refractivity (Wildman–Crippen MR) is 67.0 cm³/mol. The first-order valence-electron chi connectivity index (χ1n) is 5.64. The second-order valence-electron chi connectivity index (χ2n) is 3.93. The number of hydrogen-bond acceptors (Lipinski definition) is 5. The minimum absolute atomic E-state index is 0.530. The Kier molecular flexibility index (Phi) is 2.41. The van der Waals surface area contributed by atoms with Gasteiger partial charge in [-0.25, -0.2) is 4.98 Å². The molecule has 0 saturated heterocycles. The van der Waals surface area contributed by atoms with E-state index in [9.17, 15) is 5.26 Å². The summed E-state index contributed by atoms with van der Waals surface area (Å²) in [6.07, 6.45) is 0. The van der Waals surface area contributed by atoms with Gasteiger partial charge in [-0.05, 0) is 12.1 Å². The molecular weight excluding hydrogens is 230 g/mol. The third-order valence-electron chi connectivity index (χ3n) is 2.85. The SMILES string of the molecule is CNc1cc(C#N)c2cc3c(cc2n1)OCCO3. The van der Waals surface area contributed by atoms with Gasteiger partial charge in [0.1, 0.15) is 19.0 Å². The van der Waals surface area contributed by atoms with Crippen molar-refractivity contribution in [3.05, 3.63) is 23.8 Å². The molecule has 0 aliphatic carbocycles. The molecule has 1 aliphatic heterocycles. The number of nitrogens with one attached hydrogen (secondary N) is 1. The van der Waals surface area contributed by atoms with E-state index in [-0.39, 0.29) is 0 Å². The van der Waals surface area contributed by atoms with Crippen molar-refractivity contribution >= 4 is 16.7 Å². The van der Waals surface area contributed by atoms with Crippen LogP contribution in [0.4, 0.5) is 5.82 Å². The van der Waals surface area contributed by atoms with Crippen LogP contribution in [0.2, 0.25) is 0 Å². The minimum atomic E-state index is 0.530. The zero-order valence-corrected chi connectivity index (χ0v) is 9.86. The van der Waals surface area contributed by atoms with E-state index >= 15 is 0 Å². The maximum absolute atomic E-state index is 9.18. The highest BCUT2D eigenvalue weighted by Gasteiger charge is 2.15. The van der Waals surface area contributed by atoms with Crippen LogP contribution in [-0.4, -0.2) is 25.2 Å². The van der Waals surface area contributed by atoms with E-state index in [2.05, 4.69) is 16.4 Å². The lowest BCUT2D eigenvalue weighted by Crippen LogP contribution is -2.15. The van der Waals surface area contributed by atoms with Crippen LogP contribution in [0.3, 0.4) is 0 Å². The molecule has 0 fully saturated rings. The van der Waals surface area contributed by atoms with Crippen LogP contribution in [0.15, 0.2) is 18.2 Å². The summed E-state index contributed by atoms with van der Waals surface area (Å²) in [4.78, 5) is 4.41. The van der Waals surface area contributed by atoms with Crippen LogP contribution < -0.4 is 14.8 Å². The van der Waals surface area contributed by atoms with E-state index in [1.807, 2.05) is 12.1 Å². The fraction of sp³-hybridized carbons (Fsp3) is 0.231. The maximum Gasteiger partial charge on any atom is 0.163 e. The number of nitriles is 1. The summed E-state index contributed by atoms with van der Waals surface area (Å²) in [6, 6.07) is 7.52. The highest BCUT2D eigenvalue weighted by atomic mass is 16.6. The Morgan fingerprint density at radius 1 is 1.22 bits per heavy atom. The number of pyridine rings is 1. The molecule has 1 aliphatic rings. The van der Waals surface area contributed by atoms with Gasteiger partial charge in [-0.15, -0.1) is 0 Å². The number of benzene rings is 1. The van der Waals surface area contributed by atoms with Gasteiger partial charge in [0, 0.05) is 18.5 Å². The molecule has 0 atom stereocenters. The monoisotopic (exact) mass is 241 g/mol. The van der Waals surface area contributed by atoms with Gasteiger partial charge in [0.25, 0.3) is 0 Å². The lowest BCUT2D eigenvalue weighted by atomic mass is 10.1. The Balaban J connectivity index is 2.30. The highest BCUT2D eigenvalue weighted by Crippen LogP contribution is 2.35. The largest absolute Gasteiger partial charge is 0.486 e. The highest BCUT2D eigenvalue weighted by molar-refractivity contribution is 5.89. The molecule has 0 saturated carbocycles. The number of rotatable bonds is 1. The van der Waals surface area contributed by atoms with Crippen molar-refractivity contribution in [3.63, 3.8) is 0 Å². The second-order valence-corrected chi connectivity index (χ2v) is 3.93.